The van der Waals surface area contributed by atoms with Crippen molar-refractivity contribution >= 4 is 21.8 Å². The van der Waals surface area contributed by atoms with Crippen molar-refractivity contribution in [2.24, 2.45) is 0 Å². The Hall–Kier alpha value is -1.75. The van der Waals surface area contributed by atoms with Gasteiger partial charge in [-0.25, -0.2) is 8.78 Å². The van der Waals surface area contributed by atoms with Gasteiger partial charge in [-0.15, -0.1) is 0 Å². The Balaban J connectivity index is 1.58. The van der Waals surface area contributed by atoms with E-state index in [1.165, 1.54) is 12.1 Å². The van der Waals surface area contributed by atoms with Crippen molar-refractivity contribution < 1.29 is 13.6 Å². The van der Waals surface area contributed by atoms with Gasteiger partial charge < -0.3 is 5.32 Å². The molecule has 1 amide bonds. The number of carbonyl (C=O) groups is 1. The van der Waals surface area contributed by atoms with E-state index in [2.05, 4.69) is 21.2 Å². The van der Waals surface area contributed by atoms with Crippen molar-refractivity contribution in [3.05, 3.63) is 69.7 Å². The largest absolute Gasteiger partial charge is 0.352 e. The summed E-state index contributed by atoms with van der Waals surface area (Å²) in [5.74, 6) is -0.761. The normalized spacial score (nSPS) is 19.8. The molecule has 114 valence electrons. The molecule has 1 fully saturated rings. The third-order valence-electron chi connectivity index (χ3n) is 3.82. The van der Waals surface area contributed by atoms with E-state index in [1.54, 1.807) is 24.3 Å². The Morgan fingerprint density at radius 3 is 2.68 bits per heavy atom. The Morgan fingerprint density at radius 1 is 1.18 bits per heavy atom. The molecule has 0 spiro atoms. The zero-order valence-corrected chi connectivity index (χ0v) is 13.2. The second-order valence-electron chi connectivity index (χ2n) is 5.46. The van der Waals surface area contributed by atoms with Crippen LogP contribution < -0.4 is 5.32 Å². The molecular weight excluding hydrogens is 352 g/mol. The van der Waals surface area contributed by atoms with Crippen molar-refractivity contribution in [2.45, 2.75) is 24.8 Å². The number of rotatable bonds is 4. The van der Waals surface area contributed by atoms with Gasteiger partial charge in [-0.2, -0.15) is 0 Å². The van der Waals surface area contributed by atoms with Gasteiger partial charge in [0, 0.05) is 12.0 Å². The van der Waals surface area contributed by atoms with Crippen molar-refractivity contribution in [3.8, 4) is 0 Å². The lowest BCUT2D eigenvalue weighted by molar-refractivity contribution is -0.120. The van der Waals surface area contributed by atoms with Crippen LogP contribution in [0.5, 0.6) is 0 Å². The van der Waals surface area contributed by atoms with Crippen molar-refractivity contribution in [2.75, 3.05) is 0 Å². The first-order chi connectivity index (χ1) is 10.5. The first-order valence-corrected chi connectivity index (χ1v) is 7.81. The van der Waals surface area contributed by atoms with Crippen LogP contribution in [0.25, 0.3) is 0 Å². The summed E-state index contributed by atoms with van der Waals surface area (Å²) < 4.78 is 27.4. The van der Waals surface area contributed by atoms with Gasteiger partial charge in [0.25, 0.3) is 0 Å². The van der Waals surface area contributed by atoms with Gasteiger partial charge >= 0.3 is 0 Å². The quantitative estimate of drug-likeness (QED) is 0.873. The molecule has 0 unspecified atom stereocenters. The fraction of sp³-hybridized carbons (Fsp3) is 0.235. The first kappa shape index (κ1) is 15.2. The summed E-state index contributed by atoms with van der Waals surface area (Å²) in [6.07, 6.45) is 0.800. The number of halogens is 3. The fourth-order valence-corrected chi connectivity index (χ4v) is 2.79. The molecule has 0 radical (unpaired) electrons. The molecule has 0 saturated heterocycles. The van der Waals surface area contributed by atoms with Crippen LogP contribution in [0.4, 0.5) is 8.78 Å². The van der Waals surface area contributed by atoms with Crippen LogP contribution in [0, 0.1) is 11.6 Å². The van der Waals surface area contributed by atoms with Crippen molar-refractivity contribution in [3.63, 3.8) is 0 Å². The molecular formula is C17H14BrF2NO. The highest BCUT2D eigenvalue weighted by Gasteiger charge is 2.39. The average Bonchev–Trinajstić information content (AvgIpc) is 3.23. The SMILES string of the molecule is O=C(Cc1ccccc1F)N[C@@H]1C[C@H]1c1ccc(Br)c(F)c1. The van der Waals surface area contributed by atoms with Crippen molar-refractivity contribution in [1.29, 1.82) is 0 Å². The Morgan fingerprint density at radius 2 is 1.95 bits per heavy atom. The van der Waals surface area contributed by atoms with E-state index in [1.807, 2.05) is 6.07 Å². The molecule has 0 heterocycles. The number of hydrogen-bond donors (Lipinski definition) is 1. The summed E-state index contributed by atoms with van der Waals surface area (Å²) in [6.45, 7) is 0. The topological polar surface area (TPSA) is 29.1 Å². The summed E-state index contributed by atoms with van der Waals surface area (Å²) in [4.78, 5) is 12.0. The number of carbonyl (C=O) groups excluding carboxylic acids is 1. The molecule has 0 aromatic heterocycles. The molecule has 2 atom stereocenters. The maximum absolute atomic E-state index is 13.5. The maximum atomic E-state index is 13.5. The molecule has 22 heavy (non-hydrogen) atoms. The molecule has 5 heteroatoms. The summed E-state index contributed by atoms with van der Waals surface area (Å²) in [5, 5.41) is 2.87. The van der Waals surface area contributed by atoms with Gasteiger partial charge in [0.1, 0.15) is 11.6 Å². The summed E-state index contributed by atoms with van der Waals surface area (Å²) in [5.41, 5.74) is 1.25. The van der Waals surface area contributed by atoms with E-state index in [9.17, 15) is 13.6 Å². The molecule has 1 aliphatic rings. The fourth-order valence-electron chi connectivity index (χ4n) is 2.54. The summed E-state index contributed by atoms with van der Waals surface area (Å²) >= 11 is 3.12. The van der Waals surface area contributed by atoms with Crippen LogP contribution in [0.3, 0.4) is 0 Å². The minimum atomic E-state index is -0.375. The van der Waals surface area contributed by atoms with E-state index in [0.717, 1.165) is 12.0 Å². The molecule has 2 aromatic carbocycles. The van der Waals surface area contributed by atoms with E-state index >= 15 is 0 Å². The Kier molecular flexibility index (Phi) is 4.25. The molecule has 0 bridgehead atoms. The molecule has 1 N–H and O–H groups in total. The van der Waals surface area contributed by atoms with E-state index in [-0.39, 0.29) is 35.9 Å². The van der Waals surface area contributed by atoms with Gasteiger partial charge in [0.15, 0.2) is 0 Å². The van der Waals surface area contributed by atoms with Crippen LogP contribution in [0.2, 0.25) is 0 Å². The third kappa shape index (κ3) is 3.35. The lowest BCUT2D eigenvalue weighted by Gasteiger charge is -2.06. The lowest BCUT2D eigenvalue weighted by Crippen LogP contribution is -2.28. The van der Waals surface area contributed by atoms with Crippen LogP contribution in [0.15, 0.2) is 46.9 Å². The minimum absolute atomic E-state index is 0.000140. The summed E-state index contributed by atoms with van der Waals surface area (Å²) in [6, 6.07) is 11.2. The molecule has 0 aliphatic heterocycles. The zero-order chi connectivity index (χ0) is 15.7. The van der Waals surface area contributed by atoms with Gasteiger partial charge in [0.2, 0.25) is 5.91 Å². The van der Waals surface area contributed by atoms with E-state index in [0.29, 0.717) is 10.0 Å². The third-order valence-corrected chi connectivity index (χ3v) is 4.46. The van der Waals surface area contributed by atoms with Crippen molar-refractivity contribution in [1.82, 2.24) is 5.32 Å². The van der Waals surface area contributed by atoms with Gasteiger partial charge in [0.05, 0.1) is 10.9 Å². The number of amides is 1. The van der Waals surface area contributed by atoms with Crippen LogP contribution in [-0.2, 0) is 11.2 Å². The minimum Gasteiger partial charge on any atom is -0.352 e. The maximum Gasteiger partial charge on any atom is 0.224 e. The molecule has 3 rings (SSSR count). The van der Waals surface area contributed by atoms with Gasteiger partial charge in [-0.1, -0.05) is 24.3 Å². The lowest BCUT2D eigenvalue weighted by atomic mass is 10.1. The number of benzene rings is 2. The van der Waals surface area contributed by atoms with Crippen LogP contribution in [0.1, 0.15) is 23.5 Å². The monoisotopic (exact) mass is 365 g/mol. The van der Waals surface area contributed by atoms with E-state index < -0.39 is 0 Å². The molecule has 2 aromatic rings. The predicted molar refractivity (Wildman–Crippen MR) is 83.5 cm³/mol. The standard InChI is InChI=1S/C17H14BrF2NO/c18-13-6-5-10(7-15(13)20)12-9-16(12)21-17(22)8-11-3-1-2-4-14(11)19/h1-7,12,16H,8-9H2,(H,21,22)/t12-,16+/m0/s1. The average molecular weight is 366 g/mol. The second kappa shape index (κ2) is 6.16. The second-order valence-corrected chi connectivity index (χ2v) is 6.31. The highest BCUT2D eigenvalue weighted by molar-refractivity contribution is 9.10. The highest BCUT2D eigenvalue weighted by Crippen LogP contribution is 2.41. The van der Waals surface area contributed by atoms with Gasteiger partial charge in [-0.3, -0.25) is 4.79 Å². The molecule has 1 aliphatic carbocycles. The van der Waals surface area contributed by atoms with E-state index in [4.69, 9.17) is 0 Å². The molecule has 1 saturated carbocycles. The zero-order valence-electron chi connectivity index (χ0n) is 11.7. The van der Waals surface area contributed by atoms with Crippen LogP contribution >= 0.6 is 15.9 Å². The number of nitrogens with one attached hydrogen (secondary N) is 1. The predicted octanol–water partition coefficient (Wildman–Crippen LogP) is 3.94. The van der Waals surface area contributed by atoms with Gasteiger partial charge in [-0.05, 0) is 51.7 Å². The molecule has 2 nitrogen and oxygen atoms in total. The summed E-state index contributed by atoms with van der Waals surface area (Å²) in [7, 11) is 0. The Bertz CT molecular complexity index is 720. The smallest absolute Gasteiger partial charge is 0.224 e. The first-order valence-electron chi connectivity index (χ1n) is 7.02. The Labute approximate surface area is 135 Å². The number of hydrogen-bond acceptors (Lipinski definition) is 1. The van der Waals surface area contributed by atoms with Crippen LogP contribution in [-0.4, -0.2) is 11.9 Å². The highest BCUT2D eigenvalue weighted by atomic mass is 79.9.